The van der Waals surface area contributed by atoms with Crippen LogP contribution in [0.4, 0.5) is 0 Å². The molecule has 27 heteroatoms. The van der Waals surface area contributed by atoms with Gasteiger partial charge in [-0.05, 0) is 19.8 Å². The maximum atomic E-state index is 13.0. The first-order valence-electron chi connectivity index (χ1n) is 21.0. The summed E-state index contributed by atoms with van der Waals surface area (Å²) in [6, 6.07) is -1.68. The van der Waals surface area contributed by atoms with Gasteiger partial charge < -0.3 is 114 Å². The van der Waals surface area contributed by atoms with E-state index in [0.29, 0.717) is 6.29 Å². The predicted molar refractivity (Wildman–Crippen MR) is 206 cm³/mol. The van der Waals surface area contributed by atoms with Crippen molar-refractivity contribution in [3.05, 3.63) is 0 Å². The number of hydrogen-bond acceptors (Lipinski definition) is 24. The van der Waals surface area contributed by atoms with Crippen molar-refractivity contribution in [3.63, 3.8) is 0 Å². The van der Waals surface area contributed by atoms with Crippen molar-refractivity contribution in [3.8, 4) is 0 Å². The Morgan fingerprint density at radius 3 is 1.69 bits per heavy atom. The van der Waals surface area contributed by atoms with E-state index in [1.54, 1.807) is 13.8 Å². The number of carbonyl (C=O) groups excluding carboxylic acids is 2. The number of hydrogen-bond donors (Lipinski definition) is 13. The third kappa shape index (κ3) is 11.8. The summed E-state index contributed by atoms with van der Waals surface area (Å²) in [5.41, 5.74) is 0. The fourth-order valence-corrected chi connectivity index (χ4v) is 9.77. The lowest BCUT2D eigenvalue weighted by atomic mass is 9.81. The second kappa shape index (κ2) is 22.7. The summed E-state index contributed by atoms with van der Waals surface area (Å²) >= 11 is 0. The summed E-state index contributed by atoms with van der Waals surface area (Å²) < 4.78 is 71.6. The maximum Gasteiger partial charge on any atom is 0.329 e. The van der Waals surface area contributed by atoms with Gasteiger partial charge in [-0.3, -0.25) is 13.9 Å². The van der Waals surface area contributed by atoms with Crippen molar-refractivity contribution in [2.24, 2.45) is 11.8 Å². The van der Waals surface area contributed by atoms with E-state index < -0.39 is 193 Å². The third-order valence-corrected chi connectivity index (χ3v) is 13.3. The highest BCUT2D eigenvalue weighted by Gasteiger charge is 2.58. The maximum absolute atomic E-state index is 13.0. The molecule has 13 N–H and O–H groups in total. The minimum Gasteiger partial charge on any atom is -0.394 e. The monoisotopic (exact) mass is 953 g/mol. The predicted octanol–water partition coefficient (Wildman–Crippen LogP) is -6.38. The molecule has 26 nitrogen and oxygen atoms in total. The minimum atomic E-state index is -4.69. The van der Waals surface area contributed by atoms with Crippen molar-refractivity contribution < 1.29 is 122 Å². The largest absolute Gasteiger partial charge is 0.394 e. The second-order valence-corrected chi connectivity index (χ2v) is 18.8. The second-order valence-electron chi connectivity index (χ2n) is 16.9. The van der Waals surface area contributed by atoms with Crippen LogP contribution in [-0.2, 0) is 61.3 Å². The van der Waals surface area contributed by atoms with Gasteiger partial charge in [0.2, 0.25) is 5.91 Å². The van der Waals surface area contributed by atoms with Crippen molar-refractivity contribution in [1.29, 1.82) is 0 Å². The number of aldehydes is 1. The molecule has 0 aliphatic carbocycles. The van der Waals surface area contributed by atoms with E-state index in [9.17, 15) is 75.2 Å². The van der Waals surface area contributed by atoms with Crippen LogP contribution in [0.1, 0.15) is 41.0 Å². The molecule has 372 valence electrons. The Morgan fingerprint density at radius 2 is 1.12 bits per heavy atom. The van der Waals surface area contributed by atoms with Crippen LogP contribution in [0.3, 0.4) is 0 Å². The Hall–Kier alpha value is -1.51. The van der Waals surface area contributed by atoms with Crippen molar-refractivity contribution in [2.75, 3.05) is 26.0 Å². The average Bonchev–Trinajstić information content (AvgIpc) is 3.51. The van der Waals surface area contributed by atoms with Gasteiger partial charge in [-0.1, -0.05) is 13.8 Å². The van der Waals surface area contributed by atoms with E-state index in [4.69, 9.17) is 47.2 Å². The molecule has 5 aliphatic rings. The fourth-order valence-electron chi connectivity index (χ4n) is 8.61. The Bertz CT molecular complexity index is 1550. The lowest BCUT2D eigenvalue weighted by molar-refractivity contribution is -0.385. The molecule has 0 aromatic carbocycles. The molecule has 5 aliphatic heterocycles. The number of ether oxygens (including phenoxy) is 9. The van der Waals surface area contributed by atoms with Crippen LogP contribution < -0.4 is 5.32 Å². The first-order chi connectivity index (χ1) is 30.1. The van der Waals surface area contributed by atoms with Gasteiger partial charge in [0.05, 0.1) is 50.4 Å². The van der Waals surface area contributed by atoms with Crippen LogP contribution >= 0.6 is 7.60 Å². The molecule has 0 radical (unpaired) electrons. The molecule has 0 spiro atoms. The molecule has 5 fully saturated rings. The van der Waals surface area contributed by atoms with Crippen molar-refractivity contribution in [2.45, 2.75) is 182 Å². The van der Waals surface area contributed by atoms with E-state index in [2.05, 4.69) is 5.32 Å². The molecule has 5 heterocycles. The highest BCUT2D eigenvalue weighted by atomic mass is 31.2. The molecule has 1 amide bonds. The first-order valence-corrected chi connectivity index (χ1v) is 22.7. The van der Waals surface area contributed by atoms with Crippen molar-refractivity contribution in [1.82, 2.24) is 5.32 Å². The number of amides is 1. The van der Waals surface area contributed by atoms with Gasteiger partial charge >= 0.3 is 7.60 Å². The number of rotatable bonds is 18. The summed E-state index contributed by atoms with van der Waals surface area (Å²) in [7, 11) is -4.69. The Morgan fingerprint density at radius 1 is 0.625 bits per heavy atom. The molecule has 5 rings (SSSR count). The Labute approximate surface area is 367 Å². The molecule has 0 aromatic rings. The van der Waals surface area contributed by atoms with Gasteiger partial charge in [-0.2, -0.15) is 0 Å². The topological polar surface area (TPSA) is 398 Å². The zero-order valence-electron chi connectivity index (χ0n) is 35.7. The van der Waals surface area contributed by atoms with Gasteiger partial charge in [0, 0.05) is 19.3 Å². The van der Waals surface area contributed by atoms with E-state index in [0.717, 1.165) is 6.92 Å². The summed E-state index contributed by atoms with van der Waals surface area (Å²) in [6.45, 7) is 4.92. The lowest BCUT2D eigenvalue weighted by Gasteiger charge is -2.52. The summed E-state index contributed by atoms with van der Waals surface area (Å²) in [6.07, 6.45) is -37.5. The summed E-state index contributed by atoms with van der Waals surface area (Å²) in [4.78, 5) is 34.6. The van der Waals surface area contributed by atoms with Crippen LogP contribution in [0.5, 0.6) is 0 Å². The lowest BCUT2D eigenvalue weighted by Crippen LogP contribution is -2.71. The summed E-state index contributed by atoms with van der Waals surface area (Å²) in [5, 5.41) is 121. The zero-order chi connectivity index (χ0) is 47.5. The molecule has 5 saturated heterocycles. The molecule has 0 saturated carbocycles. The third-order valence-electron chi connectivity index (χ3n) is 11.9. The van der Waals surface area contributed by atoms with Crippen LogP contribution in [0, 0.1) is 11.8 Å². The number of aliphatic hydroxyl groups is 11. The molecular weight excluding hydrogens is 889 g/mol. The van der Waals surface area contributed by atoms with Gasteiger partial charge in [-0.25, -0.2) is 0 Å². The van der Waals surface area contributed by atoms with E-state index >= 15 is 0 Å². The minimum absolute atomic E-state index is 0.316. The standard InChI is InChI=1S/C37H64NO25P/c1-12(2)19-16(9-40)56-37(25(48)22(19)45)61-30-18(11-42)58-34(60-29-14(4)54-33(51)27(50)32(29)63-64(52,53)8-6-7-39)20(38-15(5)43)31(30)62-35-26(49)23(46)28(13(3)55-35)59-36-24(47)21(44)17(10-41)57-36/h7,12-14,16-37,40-42,44-51H,6,8-11H2,1-5H3,(H,38,43)(H,52,53). The number of aliphatic hydroxyl groups excluding tert-OH is 11. The van der Waals surface area contributed by atoms with Gasteiger partial charge in [-0.15, -0.1) is 0 Å². The first kappa shape index (κ1) is 53.4. The normalized spacial score (nSPS) is 47.6. The molecule has 64 heavy (non-hydrogen) atoms. The smallest absolute Gasteiger partial charge is 0.329 e. The highest BCUT2D eigenvalue weighted by Crippen LogP contribution is 2.47. The van der Waals surface area contributed by atoms with Gasteiger partial charge in [0.15, 0.2) is 31.5 Å². The quantitative estimate of drug-likeness (QED) is 0.0449. The van der Waals surface area contributed by atoms with Crippen LogP contribution in [0.2, 0.25) is 0 Å². The molecule has 25 atom stereocenters. The molecule has 0 aromatic heterocycles. The molecule has 0 bridgehead atoms. The summed E-state index contributed by atoms with van der Waals surface area (Å²) in [5.74, 6) is -1.90. The van der Waals surface area contributed by atoms with E-state index in [-0.39, 0.29) is 5.92 Å². The zero-order valence-corrected chi connectivity index (χ0v) is 36.6. The Kier molecular flexibility index (Phi) is 19.0. The van der Waals surface area contributed by atoms with E-state index in [1.165, 1.54) is 13.8 Å². The SMILES string of the molecule is CC(=O)NC1C(OC2C(C)OC(O)C(O)C2OP(=O)(O)CCC=O)OC(CO)C(OC2OC(CO)C(C(C)C)C(O)C2O)C1OC1OC(C)C(OC2OC(CO)C(O)C2O)C(O)C1O. The fraction of sp³-hybridized carbons (Fsp3) is 0.946. The average molecular weight is 954 g/mol. The van der Waals surface area contributed by atoms with Crippen LogP contribution in [0.25, 0.3) is 0 Å². The van der Waals surface area contributed by atoms with Crippen LogP contribution in [0.15, 0.2) is 0 Å². The van der Waals surface area contributed by atoms with Crippen molar-refractivity contribution >= 4 is 19.8 Å². The van der Waals surface area contributed by atoms with Gasteiger partial charge in [0.25, 0.3) is 0 Å². The number of nitrogens with one attached hydrogen (secondary N) is 1. The van der Waals surface area contributed by atoms with Crippen LogP contribution in [-0.4, -0.2) is 241 Å². The highest BCUT2D eigenvalue weighted by molar-refractivity contribution is 7.52. The van der Waals surface area contributed by atoms with E-state index in [1.807, 2.05) is 0 Å². The molecule has 25 unspecified atom stereocenters. The molecular formula is C37H64NO25P. The number of carbonyl (C=O) groups is 2. The Balaban J connectivity index is 1.51. The van der Waals surface area contributed by atoms with Gasteiger partial charge in [0.1, 0.15) is 91.7 Å².